The van der Waals surface area contributed by atoms with Gasteiger partial charge in [0.1, 0.15) is 12.4 Å². The molecule has 0 aromatic heterocycles. The van der Waals surface area contributed by atoms with Crippen LogP contribution in [0.5, 0.6) is 5.75 Å². The standard InChI is InChI=1S/C26H27ClN2OS/c27-21-10-11-26-23(19-21)24(18-20-6-4-5-9-25(20)31-26)29-14-12-28(13-15-29)16-17-30-22-7-2-1-3-8-22/h1-11,19,24H,12-18H2. The maximum Gasteiger partial charge on any atom is 0.119 e. The molecule has 31 heavy (non-hydrogen) atoms. The lowest BCUT2D eigenvalue weighted by molar-refractivity contribution is 0.0850. The first-order chi connectivity index (χ1) is 15.3. The van der Waals surface area contributed by atoms with Gasteiger partial charge in [0.15, 0.2) is 0 Å². The SMILES string of the molecule is Clc1ccc2c(c1)C(N1CCN(CCOc3ccccc3)CC1)Cc1ccccc1S2. The van der Waals surface area contributed by atoms with Crippen molar-refractivity contribution in [1.82, 2.24) is 9.80 Å². The van der Waals surface area contributed by atoms with Crippen molar-refractivity contribution in [3.63, 3.8) is 0 Å². The molecule has 1 atom stereocenters. The zero-order valence-electron chi connectivity index (χ0n) is 17.5. The van der Waals surface area contributed by atoms with Crippen LogP contribution < -0.4 is 4.74 Å². The monoisotopic (exact) mass is 450 g/mol. The molecule has 1 unspecified atom stereocenters. The molecular formula is C26H27ClN2OS. The second kappa shape index (κ2) is 9.66. The second-order valence-electron chi connectivity index (χ2n) is 8.15. The summed E-state index contributed by atoms with van der Waals surface area (Å²) in [6.45, 7) is 5.96. The van der Waals surface area contributed by atoms with E-state index in [9.17, 15) is 0 Å². The van der Waals surface area contributed by atoms with Crippen LogP contribution >= 0.6 is 23.4 Å². The maximum atomic E-state index is 6.43. The quantitative estimate of drug-likeness (QED) is 0.489. The van der Waals surface area contributed by atoms with Gasteiger partial charge >= 0.3 is 0 Å². The third-order valence-electron chi connectivity index (χ3n) is 6.20. The first-order valence-corrected chi connectivity index (χ1v) is 12.2. The van der Waals surface area contributed by atoms with Gasteiger partial charge in [-0.25, -0.2) is 0 Å². The van der Waals surface area contributed by atoms with Gasteiger partial charge in [-0.2, -0.15) is 0 Å². The molecule has 2 aliphatic heterocycles. The molecule has 0 N–H and O–H groups in total. The Balaban J connectivity index is 1.25. The van der Waals surface area contributed by atoms with E-state index in [1.807, 2.05) is 48.2 Å². The fraction of sp³-hybridized carbons (Fsp3) is 0.308. The number of piperazine rings is 1. The number of nitrogens with zero attached hydrogens (tertiary/aromatic N) is 2. The Bertz CT molecular complexity index is 1020. The third-order valence-corrected chi connectivity index (χ3v) is 7.65. The molecule has 3 nitrogen and oxygen atoms in total. The molecule has 0 bridgehead atoms. The van der Waals surface area contributed by atoms with E-state index in [0.717, 1.165) is 56.5 Å². The van der Waals surface area contributed by atoms with Gasteiger partial charge in [0.2, 0.25) is 0 Å². The van der Waals surface area contributed by atoms with Gasteiger partial charge in [0.25, 0.3) is 0 Å². The molecule has 0 amide bonds. The molecule has 0 radical (unpaired) electrons. The molecule has 0 saturated carbocycles. The lowest BCUT2D eigenvalue weighted by atomic mass is 9.96. The predicted molar refractivity (Wildman–Crippen MR) is 128 cm³/mol. The van der Waals surface area contributed by atoms with Crippen LogP contribution in [-0.4, -0.2) is 49.1 Å². The Hall–Kier alpha value is -1.98. The summed E-state index contributed by atoms with van der Waals surface area (Å²) in [6.07, 6.45) is 1.04. The maximum absolute atomic E-state index is 6.43. The Morgan fingerprint density at radius 2 is 1.65 bits per heavy atom. The van der Waals surface area contributed by atoms with Crippen LogP contribution in [0.15, 0.2) is 82.6 Å². The van der Waals surface area contributed by atoms with E-state index in [2.05, 4.69) is 46.2 Å². The lowest BCUT2D eigenvalue weighted by Gasteiger charge is -2.39. The van der Waals surface area contributed by atoms with Crippen molar-refractivity contribution < 1.29 is 4.74 Å². The highest BCUT2D eigenvalue weighted by atomic mass is 35.5. The Kier molecular flexibility index (Phi) is 6.51. The number of benzene rings is 3. The van der Waals surface area contributed by atoms with Crippen molar-refractivity contribution >= 4 is 23.4 Å². The smallest absolute Gasteiger partial charge is 0.119 e. The van der Waals surface area contributed by atoms with Crippen molar-refractivity contribution in [3.8, 4) is 5.75 Å². The molecule has 2 aliphatic rings. The van der Waals surface area contributed by atoms with E-state index in [4.69, 9.17) is 16.3 Å². The average molecular weight is 451 g/mol. The lowest BCUT2D eigenvalue weighted by Crippen LogP contribution is -2.49. The number of hydrogen-bond acceptors (Lipinski definition) is 4. The van der Waals surface area contributed by atoms with Crippen LogP contribution in [0.25, 0.3) is 0 Å². The molecule has 3 aromatic rings. The van der Waals surface area contributed by atoms with Gasteiger partial charge in [-0.3, -0.25) is 9.80 Å². The molecule has 0 aliphatic carbocycles. The van der Waals surface area contributed by atoms with Crippen molar-refractivity contribution in [3.05, 3.63) is 88.9 Å². The molecular weight excluding hydrogens is 424 g/mol. The molecule has 1 saturated heterocycles. The molecule has 0 spiro atoms. The normalized spacial score (nSPS) is 19.3. The van der Waals surface area contributed by atoms with Crippen LogP contribution in [0.1, 0.15) is 17.2 Å². The highest BCUT2D eigenvalue weighted by Gasteiger charge is 2.30. The number of hydrogen-bond donors (Lipinski definition) is 0. The van der Waals surface area contributed by atoms with Crippen LogP contribution in [0, 0.1) is 0 Å². The predicted octanol–water partition coefficient (Wildman–Crippen LogP) is 5.79. The third kappa shape index (κ3) is 4.93. The van der Waals surface area contributed by atoms with Gasteiger partial charge in [-0.1, -0.05) is 59.8 Å². The summed E-state index contributed by atoms with van der Waals surface area (Å²) >= 11 is 8.30. The molecule has 1 fully saturated rings. The van der Waals surface area contributed by atoms with Gasteiger partial charge < -0.3 is 4.74 Å². The van der Waals surface area contributed by atoms with Crippen LogP contribution in [0.2, 0.25) is 5.02 Å². The molecule has 3 aromatic carbocycles. The summed E-state index contributed by atoms with van der Waals surface area (Å²) in [5.41, 5.74) is 2.80. The van der Waals surface area contributed by atoms with E-state index in [-0.39, 0.29) is 0 Å². The minimum Gasteiger partial charge on any atom is -0.492 e. The number of rotatable bonds is 5. The van der Waals surface area contributed by atoms with Crippen molar-refractivity contribution in [2.75, 3.05) is 39.3 Å². The molecule has 2 heterocycles. The summed E-state index contributed by atoms with van der Waals surface area (Å²) in [6, 6.07) is 25.6. The summed E-state index contributed by atoms with van der Waals surface area (Å²) in [5.74, 6) is 0.948. The number of para-hydroxylation sites is 1. The van der Waals surface area contributed by atoms with E-state index < -0.39 is 0 Å². The highest BCUT2D eigenvalue weighted by molar-refractivity contribution is 7.99. The molecule has 5 rings (SSSR count). The van der Waals surface area contributed by atoms with Gasteiger partial charge in [0, 0.05) is 53.6 Å². The van der Waals surface area contributed by atoms with Crippen molar-refractivity contribution in [2.24, 2.45) is 0 Å². The topological polar surface area (TPSA) is 15.7 Å². The molecule has 160 valence electrons. The summed E-state index contributed by atoms with van der Waals surface area (Å²) < 4.78 is 5.89. The minimum atomic E-state index is 0.368. The van der Waals surface area contributed by atoms with Crippen molar-refractivity contribution in [2.45, 2.75) is 22.3 Å². The largest absolute Gasteiger partial charge is 0.492 e. The van der Waals surface area contributed by atoms with E-state index in [0.29, 0.717) is 6.04 Å². The van der Waals surface area contributed by atoms with Crippen LogP contribution in [0.4, 0.5) is 0 Å². The fourth-order valence-corrected chi connectivity index (χ4v) is 5.81. The Labute approximate surface area is 194 Å². The minimum absolute atomic E-state index is 0.368. The van der Waals surface area contributed by atoms with E-state index in [1.54, 1.807) is 0 Å². The van der Waals surface area contributed by atoms with E-state index in [1.165, 1.54) is 20.9 Å². The zero-order chi connectivity index (χ0) is 21.0. The summed E-state index contributed by atoms with van der Waals surface area (Å²) in [5, 5.41) is 0.826. The summed E-state index contributed by atoms with van der Waals surface area (Å²) in [7, 11) is 0. The van der Waals surface area contributed by atoms with Crippen LogP contribution in [-0.2, 0) is 6.42 Å². The first-order valence-electron chi connectivity index (χ1n) is 11.0. The number of fused-ring (bicyclic) bond motifs is 2. The van der Waals surface area contributed by atoms with Crippen LogP contribution in [0.3, 0.4) is 0 Å². The van der Waals surface area contributed by atoms with Crippen molar-refractivity contribution in [1.29, 1.82) is 0 Å². The fourth-order valence-electron chi connectivity index (χ4n) is 4.52. The number of halogens is 1. The van der Waals surface area contributed by atoms with E-state index >= 15 is 0 Å². The second-order valence-corrected chi connectivity index (χ2v) is 9.67. The Morgan fingerprint density at radius 3 is 2.48 bits per heavy atom. The van der Waals surface area contributed by atoms with Gasteiger partial charge in [-0.05, 0) is 53.9 Å². The average Bonchev–Trinajstić information content (AvgIpc) is 2.97. The first kappa shape index (κ1) is 20.9. The zero-order valence-corrected chi connectivity index (χ0v) is 19.1. The van der Waals surface area contributed by atoms with Gasteiger partial charge in [-0.15, -0.1) is 0 Å². The Morgan fingerprint density at radius 1 is 0.871 bits per heavy atom. The highest BCUT2D eigenvalue weighted by Crippen LogP contribution is 2.43. The molecule has 5 heteroatoms. The number of ether oxygens (including phenoxy) is 1. The van der Waals surface area contributed by atoms with Gasteiger partial charge in [0.05, 0.1) is 0 Å². The summed E-state index contributed by atoms with van der Waals surface area (Å²) in [4.78, 5) is 7.85.